The van der Waals surface area contributed by atoms with Crippen LogP contribution in [0, 0.1) is 0 Å². The summed E-state index contributed by atoms with van der Waals surface area (Å²) in [6.07, 6.45) is 2.36. The Labute approximate surface area is 112 Å². The summed E-state index contributed by atoms with van der Waals surface area (Å²) >= 11 is 0. The van der Waals surface area contributed by atoms with Gasteiger partial charge < -0.3 is 16.2 Å². The standard InChI is InChI=1S/C14H20N2O3/c15-13(11-7-3-1-4-8-11)14(19)16-10-6-2-5-9-12(17)18/h1,3-4,7-8,13H,2,5-6,9-10,15H2,(H,16,19)(H,17,18)/t13-/m0/s1. The van der Waals surface area contributed by atoms with Crippen molar-refractivity contribution in [3.05, 3.63) is 35.9 Å². The predicted octanol–water partition coefficient (Wildman–Crippen LogP) is 1.45. The maximum absolute atomic E-state index is 11.8. The smallest absolute Gasteiger partial charge is 0.303 e. The number of nitrogens with one attached hydrogen (secondary N) is 1. The first-order valence-corrected chi connectivity index (χ1v) is 6.41. The van der Waals surface area contributed by atoms with Crippen molar-refractivity contribution >= 4 is 11.9 Å². The normalized spacial score (nSPS) is 11.8. The van der Waals surface area contributed by atoms with Gasteiger partial charge in [0.2, 0.25) is 5.91 Å². The van der Waals surface area contributed by atoms with Crippen LogP contribution < -0.4 is 11.1 Å². The number of carboxylic acids is 1. The van der Waals surface area contributed by atoms with Gasteiger partial charge in [0.05, 0.1) is 0 Å². The second-order valence-electron chi connectivity index (χ2n) is 4.38. The minimum absolute atomic E-state index is 0.178. The average molecular weight is 264 g/mol. The number of benzene rings is 1. The Balaban J connectivity index is 2.19. The van der Waals surface area contributed by atoms with Crippen molar-refractivity contribution in [2.24, 2.45) is 5.73 Å². The average Bonchev–Trinajstić information content (AvgIpc) is 2.42. The zero-order chi connectivity index (χ0) is 14.1. The van der Waals surface area contributed by atoms with Gasteiger partial charge in [-0.25, -0.2) is 0 Å². The van der Waals surface area contributed by atoms with E-state index in [0.717, 1.165) is 18.4 Å². The topological polar surface area (TPSA) is 92.4 Å². The van der Waals surface area contributed by atoms with Crippen LogP contribution in [0.3, 0.4) is 0 Å². The first-order valence-electron chi connectivity index (χ1n) is 6.41. The van der Waals surface area contributed by atoms with Crippen LogP contribution in [0.1, 0.15) is 37.3 Å². The molecule has 19 heavy (non-hydrogen) atoms. The lowest BCUT2D eigenvalue weighted by Gasteiger charge is -2.12. The van der Waals surface area contributed by atoms with Gasteiger partial charge in [0.25, 0.3) is 0 Å². The van der Waals surface area contributed by atoms with E-state index in [0.29, 0.717) is 13.0 Å². The van der Waals surface area contributed by atoms with Gasteiger partial charge in [-0.2, -0.15) is 0 Å². The molecule has 1 amide bonds. The molecule has 0 bridgehead atoms. The molecule has 1 rings (SSSR count). The molecule has 4 N–H and O–H groups in total. The van der Waals surface area contributed by atoms with E-state index >= 15 is 0 Å². The monoisotopic (exact) mass is 264 g/mol. The number of rotatable bonds is 8. The first-order chi connectivity index (χ1) is 9.11. The largest absolute Gasteiger partial charge is 0.481 e. The van der Waals surface area contributed by atoms with Gasteiger partial charge in [0.15, 0.2) is 0 Å². The highest BCUT2D eigenvalue weighted by Gasteiger charge is 2.14. The summed E-state index contributed by atoms with van der Waals surface area (Å²) in [6.45, 7) is 0.527. The SMILES string of the molecule is N[C@H](C(=O)NCCCCCC(=O)O)c1ccccc1. The van der Waals surface area contributed by atoms with E-state index in [1.807, 2.05) is 30.3 Å². The fraction of sp³-hybridized carbons (Fsp3) is 0.429. The van der Waals surface area contributed by atoms with Crippen LogP contribution in [0.4, 0.5) is 0 Å². The van der Waals surface area contributed by atoms with Gasteiger partial charge in [-0.3, -0.25) is 9.59 Å². The molecule has 5 heteroatoms. The molecule has 0 unspecified atom stereocenters. The molecular formula is C14H20N2O3. The summed E-state index contributed by atoms with van der Waals surface area (Å²) in [5.41, 5.74) is 6.61. The van der Waals surface area contributed by atoms with Gasteiger partial charge in [-0.05, 0) is 18.4 Å². The first kappa shape index (κ1) is 15.2. The third-order valence-corrected chi connectivity index (χ3v) is 2.81. The molecule has 0 saturated heterocycles. The summed E-state index contributed by atoms with van der Waals surface area (Å²) < 4.78 is 0. The zero-order valence-corrected chi connectivity index (χ0v) is 10.8. The molecule has 0 aromatic heterocycles. The molecule has 1 aromatic rings. The molecular weight excluding hydrogens is 244 g/mol. The minimum atomic E-state index is -0.782. The molecule has 0 heterocycles. The molecule has 0 aliphatic heterocycles. The third kappa shape index (κ3) is 6.01. The molecule has 0 saturated carbocycles. The van der Waals surface area contributed by atoms with Crippen LogP contribution >= 0.6 is 0 Å². The van der Waals surface area contributed by atoms with Gasteiger partial charge in [-0.15, -0.1) is 0 Å². The number of aliphatic carboxylic acids is 1. The van der Waals surface area contributed by atoms with E-state index in [1.54, 1.807) is 0 Å². The number of hydrogen-bond acceptors (Lipinski definition) is 3. The van der Waals surface area contributed by atoms with Crippen LogP contribution in [0.25, 0.3) is 0 Å². The van der Waals surface area contributed by atoms with Gasteiger partial charge in [0, 0.05) is 13.0 Å². The summed E-state index contributed by atoms with van der Waals surface area (Å²) in [6, 6.07) is 8.54. The lowest BCUT2D eigenvalue weighted by molar-refractivity contribution is -0.137. The molecule has 0 spiro atoms. The molecule has 5 nitrogen and oxygen atoms in total. The molecule has 0 aliphatic rings. The van der Waals surface area contributed by atoms with Crippen molar-refractivity contribution in [2.75, 3.05) is 6.54 Å². The van der Waals surface area contributed by atoms with Crippen LogP contribution in [-0.2, 0) is 9.59 Å². The van der Waals surface area contributed by atoms with E-state index < -0.39 is 12.0 Å². The van der Waals surface area contributed by atoms with Crippen molar-refractivity contribution in [3.63, 3.8) is 0 Å². The Kier molecular flexibility index (Phi) is 6.60. The second-order valence-corrected chi connectivity index (χ2v) is 4.38. The Morgan fingerprint density at radius 2 is 1.84 bits per heavy atom. The van der Waals surface area contributed by atoms with E-state index in [9.17, 15) is 9.59 Å². The van der Waals surface area contributed by atoms with Crippen LogP contribution in [-0.4, -0.2) is 23.5 Å². The predicted molar refractivity (Wildman–Crippen MR) is 72.5 cm³/mol. The third-order valence-electron chi connectivity index (χ3n) is 2.81. The van der Waals surface area contributed by atoms with Gasteiger partial charge >= 0.3 is 5.97 Å². The van der Waals surface area contributed by atoms with Gasteiger partial charge in [0.1, 0.15) is 6.04 Å². The van der Waals surface area contributed by atoms with Crippen LogP contribution in [0.2, 0.25) is 0 Å². The molecule has 0 radical (unpaired) electrons. The Hall–Kier alpha value is -1.88. The second kappa shape index (κ2) is 8.26. The van der Waals surface area contributed by atoms with Crippen LogP contribution in [0.5, 0.6) is 0 Å². The summed E-state index contributed by atoms with van der Waals surface area (Å²) in [7, 11) is 0. The van der Waals surface area contributed by atoms with Crippen LogP contribution in [0.15, 0.2) is 30.3 Å². The molecule has 104 valence electrons. The maximum Gasteiger partial charge on any atom is 0.303 e. The summed E-state index contributed by atoms with van der Waals surface area (Å²) in [4.78, 5) is 22.1. The number of carbonyl (C=O) groups excluding carboxylic acids is 1. The lowest BCUT2D eigenvalue weighted by Crippen LogP contribution is -2.34. The van der Waals surface area contributed by atoms with E-state index in [2.05, 4.69) is 5.32 Å². The quantitative estimate of drug-likeness (QED) is 0.619. The van der Waals surface area contributed by atoms with Crippen molar-refractivity contribution < 1.29 is 14.7 Å². The lowest BCUT2D eigenvalue weighted by atomic mass is 10.1. The molecule has 0 aliphatic carbocycles. The number of carboxylic acid groups (broad SMARTS) is 1. The highest BCUT2D eigenvalue weighted by Crippen LogP contribution is 2.09. The summed E-state index contributed by atoms with van der Waals surface area (Å²) in [5.74, 6) is -0.987. The highest BCUT2D eigenvalue weighted by atomic mass is 16.4. The Morgan fingerprint density at radius 1 is 1.16 bits per heavy atom. The van der Waals surface area contributed by atoms with E-state index in [-0.39, 0.29) is 12.3 Å². The molecule has 1 atom stereocenters. The van der Waals surface area contributed by atoms with Crippen molar-refractivity contribution in [1.29, 1.82) is 0 Å². The zero-order valence-electron chi connectivity index (χ0n) is 10.8. The van der Waals surface area contributed by atoms with E-state index in [4.69, 9.17) is 10.8 Å². The van der Waals surface area contributed by atoms with Crippen molar-refractivity contribution in [2.45, 2.75) is 31.7 Å². The highest BCUT2D eigenvalue weighted by molar-refractivity contribution is 5.82. The fourth-order valence-electron chi connectivity index (χ4n) is 1.71. The number of unbranched alkanes of at least 4 members (excludes halogenated alkanes) is 2. The van der Waals surface area contributed by atoms with Crippen molar-refractivity contribution in [3.8, 4) is 0 Å². The molecule has 1 aromatic carbocycles. The Bertz CT molecular complexity index is 406. The fourth-order valence-corrected chi connectivity index (χ4v) is 1.71. The number of nitrogens with two attached hydrogens (primary N) is 1. The molecule has 0 fully saturated rings. The number of carbonyl (C=O) groups is 2. The number of hydrogen-bond donors (Lipinski definition) is 3. The van der Waals surface area contributed by atoms with Gasteiger partial charge in [-0.1, -0.05) is 36.8 Å². The minimum Gasteiger partial charge on any atom is -0.481 e. The Morgan fingerprint density at radius 3 is 2.47 bits per heavy atom. The van der Waals surface area contributed by atoms with E-state index in [1.165, 1.54) is 0 Å². The summed E-state index contributed by atoms with van der Waals surface area (Å²) in [5, 5.41) is 11.2. The van der Waals surface area contributed by atoms with Crippen molar-refractivity contribution in [1.82, 2.24) is 5.32 Å². The maximum atomic E-state index is 11.8. The number of amides is 1.